The van der Waals surface area contributed by atoms with Gasteiger partial charge in [-0.25, -0.2) is 4.99 Å². The highest BCUT2D eigenvalue weighted by molar-refractivity contribution is 5.79. The third-order valence-electron chi connectivity index (χ3n) is 5.36. The minimum atomic E-state index is 0.561. The Morgan fingerprint density at radius 2 is 1.84 bits per heavy atom. The van der Waals surface area contributed by atoms with Crippen molar-refractivity contribution in [3.05, 3.63) is 59.7 Å². The van der Waals surface area contributed by atoms with Gasteiger partial charge in [0.05, 0.1) is 26.9 Å². The van der Waals surface area contributed by atoms with Gasteiger partial charge in [-0.15, -0.1) is 0 Å². The van der Waals surface area contributed by atoms with Crippen LogP contribution in [-0.2, 0) is 17.7 Å². The minimum absolute atomic E-state index is 0.561. The van der Waals surface area contributed by atoms with Crippen molar-refractivity contribution in [3.63, 3.8) is 0 Å². The largest absolute Gasteiger partial charge is 0.497 e. The van der Waals surface area contributed by atoms with E-state index in [1.807, 2.05) is 30.3 Å². The normalized spacial score (nSPS) is 14.8. The first-order valence-corrected chi connectivity index (χ1v) is 11.4. The van der Waals surface area contributed by atoms with Crippen molar-refractivity contribution in [1.82, 2.24) is 15.5 Å². The van der Waals surface area contributed by atoms with Crippen LogP contribution in [0.5, 0.6) is 11.5 Å². The van der Waals surface area contributed by atoms with Crippen LogP contribution in [0.2, 0.25) is 0 Å². The SMILES string of the molecule is CCNC(=NCc1ccccc1OCCN1CCOCC1)NCCc1ccc(OC)cc1. The lowest BCUT2D eigenvalue weighted by Gasteiger charge is -2.26. The summed E-state index contributed by atoms with van der Waals surface area (Å²) >= 11 is 0. The molecule has 1 fully saturated rings. The van der Waals surface area contributed by atoms with Crippen LogP contribution in [0.15, 0.2) is 53.5 Å². The standard InChI is InChI=1S/C25H36N4O3/c1-3-26-25(27-13-12-21-8-10-23(30-2)11-9-21)28-20-22-6-4-5-7-24(22)32-19-16-29-14-17-31-18-15-29/h4-11H,3,12-20H2,1-2H3,(H2,26,27,28). The van der Waals surface area contributed by atoms with Gasteiger partial charge in [0.2, 0.25) is 0 Å². The Bertz CT molecular complexity index is 820. The molecule has 1 aliphatic rings. The van der Waals surface area contributed by atoms with Crippen LogP contribution >= 0.6 is 0 Å². The van der Waals surface area contributed by atoms with E-state index >= 15 is 0 Å². The molecule has 1 heterocycles. The van der Waals surface area contributed by atoms with Crippen LogP contribution in [0.1, 0.15) is 18.1 Å². The van der Waals surface area contributed by atoms with Gasteiger partial charge in [0, 0.05) is 38.3 Å². The number of nitrogens with zero attached hydrogens (tertiary/aromatic N) is 2. The maximum atomic E-state index is 6.09. The van der Waals surface area contributed by atoms with Crippen LogP contribution in [-0.4, -0.2) is 70.5 Å². The Morgan fingerprint density at radius 1 is 1.06 bits per heavy atom. The average molecular weight is 441 g/mol. The number of morpholine rings is 1. The number of guanidine groups is 1. The van der Waals surface area contributed by atoms with E-state index in [1.165, 1.54) is 5.56 Å². The zero-order valence-electron chi connectivity index (χ0n) is 19.3. The predicted octanol–water partition coefficient (Wildman–Crippen LogP) is 2.70. The fraction of sp³-hybridized carbons (Fsp3) is 0.480. The van der Waals surface area contributed by atoms with Crippen LogP contribution in [0.25, 0.3) is 0 Å². The Balaban J connectivity index is 1.49. The summed E-state index contributed by atoms with van der Waals surface area (Å²) in [5, 5.41) is 6.74. The third kappa shape index (κ3) is 8.05. The Morgan fingerprint density at radius 3 is 2.59 bits per heavy atom. The molecule has 0 saturated carbocycles. The van der Waals surface area contributed by atoms with E-state index in [4.69, 9.17) is 19.2 Å². The molecule has 174 valence electrons. The van der Waals surface area contributed by atoms with Crippen molar-refractivity contribution in [3.8, 4) is 11.5 Å². The van der Waals surface area contributed by atoms with Crippen molar-refractivity contribution in [2.24, 2.45) is 4.99 Å². The Hall–Kier alpha value is -2.77. The summed E-state index contributed by atoms with van der Waals surface area (Å²) in [5.41, 5.74) is 2.34. The van der Waals surface area contributed by atoms with Gasteiger partial charge < -0.3 is 24.8 Å². The molecule has 0 unspecified atom stereocenters. The lowest BCUT2D eigenvalue weighted by Crippen LogP contribution is -2.38. The van der Waals surface area contributed by atoms with Crippen molar-refractivity contribution in [2.75, 3.05) is 59.7 Å². The quantitative estimate of drug-likeness (QED) is 0.414. The van der Waals surface area contributed by atoms with E-state index in [9.17, 15) is 0 Å². The molecule has 0 aromatic heterocycles. The van der Waals surface area contributed by atoms with Gasteiger partial charge in [-0.1, -0.05) is 30.3 Å². The highest BCUT2D eigenvalue weighted by atomic mass is 16.5. The third-order valence-corrected chi connectivity index (χ3v) is 5.36. The van der Waals surface area contributed by atoms with Crippen LogP contribution in [0, 0.1) is 0 Å². The first-order valence-electron chi connectivity index (χ1n) is 11.4. The lowest BCUT2D eigenvalue weighted by molar-refractivity contribution is 0.0322. The molecule has 1 saturated heterocycles. The number of hydrogen-bond acceptors (Lipinski definition) is 5. The zero-order chi connectivity index (χ0) is 22.4. The molecule has 3 rings (SSSR count). The van der Waals surface area contributed by atoms with Crippen LogP contribution < -0.4 is 20.1 Å². The maximum absolute atomic E-state index is 6.09. The molecule has 0 amide bonds. The van der Waals surface area contributed by atoms with Gasteiger partial charge in [0.1, 0.15) is 18.1 Å². The van der Waals surface area contributed by atoms with Gasteiger partial charge in [0.25, 0.3) is 0 Å². The molecule has 32 heavy (non-hydrogen) atoms. The fourth-order valence-corrected chi connectivity index (χ4v) is 3.51. The summed E-state index contributed by atoms with van der Waals surface area (Å²) in [6.45, 7) is 9.40. The minimum Gasteiger partial charge on any atom is -0.497 e. The second-order valence-corrected chi connectivity index (χ2v) is 7.63. The number of ether oxygens (including phenoxy) is 3. The molecule has 7 heteroatoms. The summed E-state index contributed by atoms with van der Waals surface area (Å²) in [6, 6.07) is 16.3. The van der Waals surface area contributed by atoms with Crippen molar-refractivity contribution in [2.45, 2.75) is 19.9 Å². The summed E-state index contributed by atoms with van der Waals surface area (Å²) in [5.74, 6) is 2.59. The zero-order valence-corrected chi connectivity index (χ0v) is 19.3. The van der Waals surface area contributed by atoms with Gasteiger partial charge in [-0.05, 0) is 37.1 Å². The summed E-state index contributed by atoms with van der Waals surface area (Å²) in [6.07, 6.45) is 0.912. The van der Waals surface area contributed by atoms with E-state index in [0.29, 0.717) is 13.2 Å². The molecule has 0 spiro atoms. The second-order valence-electron chi connectivity index (χ2n) is 7.63. The lowest BCUT2D eigenvalue weighted by atomic mass is 10.1. The number of hydrogen-bond donors (Lipinski definition) is 2. The van der Waals surface area contributed by atoms with Crippen molar-refractivity contribution in [1.29, 1.82) is 0 Å². The van der Waals surface area contributed by atoms with E-state index in [2.05, 4.69) is 40.7 Å². The number of methoxy groups -OCH3 is 1. The summed E-state index contributed by atoms with van der Waals surface area (Å²) in [7, 11) is 1.68. The molecule has 0 aliphatic carbocycles. The molecule has 7 nitrogen and oxygen atoms in total. The molecule has 0 atom stereocenters. The Kier molecular flexibility index (Phi) is 10.2. The molecule has 0 bridgehead atoms. The van der Waals surface area contributed by atoms with Gasteiger partial charge in [-0.3, -0.25) is 4.90 Å². The predicted molar refractivity (Wildman–Crippen MR) is 129 cm³/mol. The fourth-order valence-electron chi connectivity index (χ4n) is 3.51. The average Bonchev–Trinajstić information content (AvgIpc) is 2.84. The molecule has 1 aliphatic heterocycles. The van der Waals surface area contributed by atoms with Crippen molar-refractivity contribution >= 4 is 5.96 Å². The highest BCUT2D eigenvalue weighted by Crippen LogP contribution is 2.19. The Labute approximate surface area is 191 Å². The van der Waals surface area contributed by atoms with Crippen LogP contribution in [0.3, 0.4) is 0 Å². The molecular weight excluding hydrogens is 404 g/mol. The number of aliphatic imine (C=N–C) groups is 1. The monoisotopic (exact) mass is 440 g/mol. The second kappa shape index (κ2) is 13.6. The molecule has 2 aromatic carbocycles. The van der Waals surface area contributed by atoms with Crippen molar-refractivity contribution < 1.29 is 14.2 Å². The topological polar surface area (TPSA) is 67.4 Å². The van der Waals surface area contributed by atoms with Crippen LogP contribution in [0.4, 0.5) is 0 Å². The van der Waals surface area contributed by atoms with E-state index in [-0.39, 0.29) is 0 Å². The summed E-state index contributed by atoms with van der Waals surface area (Å²) in [4.78, 5) is 7.14. The first kappa shape index (κ1) is 23.9. The van der Waals surface area contributed by atoms with Gasteiger partial charge in [-0.2, -0.15) is 0 Å². The smallest absolute Gasteiger partial charge is 0.191 e. The maximum Gasteiger partial charge on any atom is 0.191 e. The van der Waals surface area contributed by atoms with E-state index in [0.717, 1.165) is 75.4 Å². The van der Waals surface area contributed by atoms with Gasteiger partial charge in [0.15, 0.2) is 5.96 Å². The molecular formula is C25H36N4O3. The van der Waals surface area contributed by atoms with Gasteiger partial charge >= 0.3 is 0 Å². The number of benzene rings is 2. The molecule has 0 radical (unpaired) electrons. The number of rotatable bonds is 11. The van der Waals surface area contributed by atoms with E-state index in [1.54, 1.807) is 7.11 Å². The molecule has 2 N–H and O–H groups in total. The van der Waals surface area contributed by atoms with E-state index < -0.39 is 0 Å². The first-order chi connectivity index (χ1) is 15.8. The molecule has 2 aromatic rings. The summed E-state index contributed by atoms with van der Waals surface area (Å²) < 4.78 is 16.7. The number of nitrogens with one attached hydrogen (secondary N) is 2. The number of para-hydroxylation sites is 1. The highest BCUT2D eigenvalue weighted by Gasteiger charge is 2.10.